The van der Waals surface area contributed by atoms with Crippen molar-refractivity contribution in [3.05, 3.63) is 0 Å². The van der Waals surface area contributed by atoms with Gasteiger partial charge in [0.2, 0.25) is 0 Å². The Kier molecular flexibility index (Phi) is 2.32. The molecule has 1 fully saturated rings. The Morgan fingerprint density at radius 2 is 2.20 bits per heavy atom. The minimum atomic E-state index is 0.0892. The summed E-state index contributed by atoms with van der Waals surface area (Å²) < 4.78 is 5.56. The average Bonchev–Trinajstić information content (AvgIpc) is 1.86. The third-order valence-corrected chi connectivity index (χ3v) is 2.11. The third kappa shape index (κ3) is 1.96. The van der Waals surface area contributed by atoms with Crippen LogP contribution in [0.5, 0.6) is 0 Å². The van der Waals surface area contributed by atoms with E-state index in [1.54, 1.807) is 0 Å². The first kappa shape index (κ1) is 8.02. The first-order valence-electron chi connectivity index (χ1n) is 3.95. The van der Waals surface area contributed by atoms with E-state index < -0.39 is 0 Å². The Hall–Kier alpha value is -0.0800. The Bertz CT molecular complexity index is 112. The van der Waals surface area contributed by atoms with Gasteiger partial charge in [-0.1, -0.05) is 0 Å². The molecule has 1 heterocycles. The highest BCUT2D eigenvalue weighted by Gasteiger charge is 2.27. The Labute approximate surface area is 63.0 Å². The highest BCUT2D eigenvalue weighted by molar-refractivity contribution is 4.81. The number of rotatable bonds is 1. The lowest BCUT2D eigenvalue weighted by molar-refractivity contribution is -0.0619. The van der Waals surface area contributed by atoms with Crippen LogP contribution in [0.3, 0.4) is 0 Å². The van der Waals surface area contributed by atoms with E-state index in [-0.39, 0.29) is 5.60 Å². The minimum Gasteiger partial charge on any atom is -0.375 e. The summed E-state index contributed by atoms with van der Waals surface area (Å²) >= 11 is 0. The van der Waals surface area contributed by atoms with Crippen LogP contribution in [0.4, 0.5) is 0 Å². The molecule has 0 aromatic rings. The molecule has 1 aliphatic heterocycles. The van der Waals surface area contributed by atoms with E-state index >= 15 is 0 Å². The van der Waals surface area contributed by atoms with Gasteiger partial charge in [0.25, 0.3) is 0 Å². The number of nitrogens with one attached hydrogen (secondary N) is 1. The molecule has 60 valence electrons. The van der Waals surface area contributed by atoms with Gasteiger partial charge in [-0.2, -0.15) is 0 Å². The summed E-state index contributed by atoms with van der Waals surface area (Å²) in [6, 6.07) is 0.656. The molecule has 0 spiro atoms. The number of ether oxygens (including phenoxy) is 1. The zero-order valence-corrected chi connectivity index (χ0v) is 7.11. The molecule has 0 radical (unpaired) electrons. The highest BCUT2D eigenvalue weighted by atomic mass is 16.5. The lowest BCUT2D eigenvalue weighted by atomic mass is 9.94. The van der Waals surface area contributed by atoms with Crippen LogP contribution < -0.4 is 5.32 Å². The first-order chi connectivity index (χ1) is 4.64. The molecule has 0 bridgehead atoms. The summed E-state index contributed by atoms with van der Waals surface area (Å²) in [5.74, 6) is 0. The van der Waals surface area contributed by atoms with Gasteiger partial charge in [-0.25, -0.2) is 0 Å². The van der Waals surface area contributed by atoms with Crippen LogP contribution in [0.2, 0.25) is 0 Å². The molecule has 0 aliphatic carbocycles. The van der Waals surface area contributed by atoms with Gasteiger partial charge in [0.05, 0.1) is 5.60 Å². The average molecular weight is 143 g/mol. The summed E-state index contributed by atoms with van der Waals surface area (Å²) in [5.41, 5.74) is 0.0892. The Morgan fingerprint density at radius 3 is 2.60 bits per heavy atom. The van der Waals surface area contributed by atoms with Crippen molar-refractivity contribution in [2.45, 2.75) is 38.3 Å². The maximum atomic E-state index is 5.56. The molecule has 0 saturated carbocycles. The monoisotopic (exact) mass is 143 g/mol. The minimum absolute atomic E-state index is 0.0892. The van der Waals surface area contributed by atoms with Gasteiger partial charge in [0.15, 0.2) is 0 Å². The van der Waals surface area contributed by atoms with Crippen molar-refractivity contribution in [2.75, 3.05) is 13.7 Å². The molecule has 10 heavy (non-hydrogen) atoms. The van der Waals surface area contributed by atoms with Gasteiger partial charge in [0.1, 0.15) is 0 Å². The smallest absolute Gasteiger partial charge is 0.0641 e. The SMILES string of the molecule is CN[C@H]1CCOC(C)(C)C1. The lowest BCUT2D eigenvalue weighted by Gasteiger charge is -2.35. The largest absolute Gasteiger partial charge is 0.375 e. The zero-order chi connectivity index (χ0) is 7.61. The van der Waals surface area contributed by atoms with Gasteiger partial charge >= 0.3 is 0 Å². The fourth-order valence-corrected chi connectivity index (χ4v) is 1.48. The maximum absolute atomic E-state index is 5.56. The van der Waals surface area contributed by atoms with Crippen LogP contribution in [-0.2, 0) is 4.74 Å². The van der Waals surface area contributed by atoms with E-state index in [0.29, 0.717) is 6.04 Å². The van der Waals surface area contributed by atoms with E-state index in [0.717, 1.165) is 19.4 Å². The predicted octanol–water partition coefficient (Wildman–Crippen LogP) is 1.16. The molecule has 0 aromatic heterocycles. The highest BCUT2D eigenvalue weighted by Crippen LogP contribution is 2.23. The van der Waals surface area contributed by atoms with E-state index in [4.69, 9.17) is 4.74 Å². The van der Waals surface area contributed by atoms with Crippen molar-refractivity contribution in [3.8, 4) is 0 Å². The van der Waals surface area contributed by atoms with Gasteiger partial charge in [-0.05, 0) is 33.7 Å². The Balaban J connectivity index is 2.40. The van der Waals surface area contributed by atoms with Gasteiger partial charge < -0.3 is 10.1 Å². The third-order valence-electron chi connectivity index (χ3n) is 2.11. The van der Waals surface area contributed by atoms with Crippen molar-refractivity contribution in [1.82, 2.24) is 5.32 Å². The molecule has 1 atom stereocenters. The van der Waals surface area contributed by atoms with Crippen LogP contribution in [0, 0.1) is 0 Å². The van der Waals surface area contributed by atoms with Crippen LogP contribution in [0.1, 0.15) is 26.7 Å². The van der Waals surface area contributed by atoms with E-state index in [1.807, 2.05) is 7.05 Å². The molecule has 0 amide bonds. The van der Waals surface area contributed by atoms with Crippen LogP contribution in [-0.4, -0.2) is 25.3 Å². The molecule has 1 N–H and O–H groups in total. The van der Waals surface area contributed by atoms with Crippen LogP contribution in [0.25, 0.3) is 0 Å². The summed E-state index contributed by atoms with van der Waals surface area (Å²) in [6.45, 7) is 5.20. The first-order valence-corrected chi connectivity index (χ1v) is 3.95. The van der Waals surface area contributed by atoms with Crippen molar-refractivity contribution in [1.29, 1.82) is 0 Å². The van der Waals surface area contributed by atoms with Crippen LogP contribution >= 0.6 is 0 Å². The number of hydrogen-bond donors (Lipinski definition) is 1. The van der Waals surface area contributed by atoms with Crippen molar-refractivity contribution in [3.63, 3.8) is 0 Å². The second-order valence-corrected chi connectivity index (χ2v) is 3.59. The van der Waals surface area contributed by atoms with Gasteiger partial charge in [-0.15, -0.1) is 0 Å². The standard InChI is InChI=1S/C8H17NO/c1-8(2)6-7(9-3)4-5-10-8/h7,9H,4-6H2,1-3H3/t7-/m0/s1. The summed E-state index contributed by atoms with van der Waals surface area (Å²) in [6.07, 6.45) is 2.28. The van der Waals surface area contributed by atoms with E-state index in [2.05, 4.69) is 19.2 Å². The summed E-state index contributed by atoms with van der Waals surface area (Å²) in [4.78, 5) is 0. The molecular formula is C8H17NO. The fraction of sp³-hybridized carbons (Fsp3) is 1.00. The lowest BCUT2D eigenvalue weighted by Crippen LogP contribution is -2.42. The van der Waals surface area contributed by atoms with Crippen molar-refractivity contribution >= 4 is 0 Å². The number of hydrogen-bond acceptors (Lipinski definition) is 2. The van der Waals surface area contributed by atoms with Crippen molar-refractivity contribution in [2.24, 2.45) is 0 Å². The van der Waals surface area contributed by atoms with Crippen LogP contribution in [0.15, 0.2) is 0 Å². The second kappa shape index (κ2) is 2.89. The van der Waals surface area contributed by atoms with Gasteiger partial charge in [0, 0.05) is 12.6 Å². The maximum Gasteiger partial charge on any atom is 0.0641 e. The fourth-order valence-electron chi connectivity index (χ4n) is 1.48. The Morgan fingerprint density at radius 1 is 1.50 bits per heavy atom. The molecule has 0 aromatic carbocycles. The summed E-state index contributed by atoms with van der Waals surface area (Å²) in [7, 11) is 2.02. The van der Waals surface area contributed by atoms with E-state index in [1.165, 1.54) is 0 Å². The van der Waals surface area contributed by atoms with E-state index in [9.17, 15) is 0 Å². The molecular weight excluding hydrogens is 126 g/mol. The molecule has 2 nitrogen and oxygen atoms in total. The molecule has 1 aliphatic rings. The zero-order valence-electron chi connectivity index (χ0n) is 7.11. The van der Waals surface area contributed by atoms with Gasteiger partial charge in [-0.3, -0.25) is 0 Å². The normalized spacial score (nSPS) is 32.1. The second-order valence-electron chi connectivity index (χ2n) is 3.59. The summed E-state index contributed by atoms with van der Waals surface area (Å²) in [5, 5.41) is 3.28. The molecule has 1 saturated heterocycles. The van der Waals surface area contributed by atoms with Crippen molar-refractivity contribution < 1.29 is 4.74 Å². The molecule has 0 unspecified atom stereocenters. The topological polar surface area (TPSA) is 21.3 Å². The molecule has 1 rings (SSSR count). The predicted molar refractivity (Wildman–Crippen MR) is 42.1 cm³/mol. The molecule has 2 heteroatoms. The quantitative estimate of drug-likeness (QED) is 0.595.